The SMILES string of the molecule is COc1ccc(NC(=O)Cn2c3c(sc2=O)C(c2ccc(O)c(OC)c2)C2C(=O)N(c4cccc(C(F)(F)F)c4)C(=O)C2S3)cc1. The summed E-state index contributed by atoms with van der Waals surface area (Å²) in [6.45, 7) is -0.411. The Morgan fingerprint density at radius 2 is 1.72 bits per heavy atom. The topological polar surface area (TPSA) is 127 Å². The van der Waals surface area contributed by atoms with Crippen LogP contribution in [0, 0.1) is 5.92 Å². The van der Waals surface area contributed by atoms with Crippen molar-refractivity contribution in [1.29, 1.82) is 0 Å². The number of thioether (sulfide) groups is 1. The molecule has 1 fully saturated rings. The lowest BCUT2D eigenvalue weighted by Gasteiger charge is -2.31. The number of halogens is 3. The number of anilines is 2. The van der Waals surface area contributed by atoms with Crippen LogP contribution in [0.2, 0.25) is 0 Å². The largest absolute Gasteiger partial charge is 0.504 e. The first-order chi connectivity index (χ1) is 21.9. The number of phenols is 1. The summed E-state index contributed by atoms with van der Waals surface area (Å²) in [7, 11) is 2.84. The van der Waals surface area contributed by atoms with E-state index in [0.717, 1.165) is 46.2 Å². The molecule has 3 unspecified atom stereocenters. The second-order valence-electron chi connectivity index (χ2n) is 10.4. The standard InChI is InChI=1S/C31H24F3N3O7S2/c1-43-19-9-7-17(8-10-19)35-22(39)14-36-29-26(46-30(36)42)23(15-6-11-20(38)21(12-15)44-2)24-25(45-29)28(41)37(27(24)40)18-5-3-4-16(13-18)31(32,33)34/h3-13,23-25,38H,14H2,1-2H3,(H,35,39). The first kappa shape index (κ1) is 31.2. The van der Waals surface area contributed by atoms with Crippen LogP contribution in [0.4, 0.5) is 24.5 Å². The molecule has 0 spiro atoms. The van der Waals surface area contributed by atoms with Crippen LogP contribution in [0.3, 0.4) is 0 Å². The molecule has 6 rings (SSSR count). The monoisotopic (exact) mass is 671 g/mol. The molecule has 2 N–H and O–H groups in total. The van der Waals surface area contributed by atoms with Gasteiger partial charge in [-0.1, -0.05) is 35.2 Å². The highest BCUT2D eigenvalue weighted by molar-refractivity contribution is 8.00. The number of aromatic nitrogens is 1. The Hall–Kier alpha value is -4.76. The summed E-state index contributed by atoms with van der Waals surface area (Å²) in [5.41, 5.74) is -0.377. The Bertz CT molecular complexity index is 1920. The van der Waals surface area contributed by atoms with Crippen molar-refractivity contribution in [2.45, 2.75) is 28.9 Å². The predicted octanol–water partition coefficient (Wildman–Crippen LogP) is 5.09. The maximum absolute atomic E-state index is 14.0. The lowest BCUT2D eigenvalue weighted by atomic mass is 9.83. The maximum Gasteiger partial charge on any atom is 0.416 e. The number of amides is 3. The minimum absolute atomic E-state index is 0.0750. The lowest BCUT2D eigenvalue weighted by molar-refractivity contribution is -0.137. The van der Waals surface area contributed by atoms with Gasteiger partial charge in [0.2, 0.25) is 17.7 Å². The van der Waals surface area contributed by atoms with Crippen molar-refractivity contribution in [3.63, 3.8) is 0 Å². The Morgan fingerprint density at radius 3 is 2.39 bits per heavy atom. The Morgan fingerprint density at radius 1 is 0.978 bits per heavy atom. The molecule has 3 aromatic carbocycles. The van der Waals surface area contributed by atoms with Crippen molar-refractivity contribution in [3.8, 4) is 17.2 Å². The van der Waals surface area contributed by atoms with Gasteiger partial charge < -0.3 is 19.9 Å². The predicted molar refractivity (Wildman–Crippen MR) is 164 cm³/mol. The number of methoxy groups -OCH3 is 2. The third-order valence-electron chi connectivity index (χ3n) is 7.72. The van der Waals surface area contributed by atoms with Crippen molar-refractivity contribution >= 4 is 52.2 Å². The number of hydrogen-bond donors (Lipinski definition) is 2. The van der Waals surface area contributed by atoms with Crippen molar-refractivity contribution in [2.24, 2.45) is 5.92 Å². The van der Waals surface area contributed by atoms with Gasteiger partial charge in [-0.3, -0.25) is 23.7 Å². The van der Waals surface area contributed by atoms with Crippen molar-refractivity contribution in [1.82, 2.24) is 4.57 Å². The van der Waals surface area contributed by atoms with Gasteiger partial charge in [0.1, 0.15) is 17.5 Å². The van der Waals surface area contributed by atoms with Gasteiger partial charge in [0.25, 0.3) is 0 Å². The molecule has 10 nitrogen and oxygen atoms in total. The van der Waals surface area contributed by atoms with Gasteiger partial charge in [-0.05, 0) is 60.2 Å². The minimum atomic E-state index is -4.71. The van der Waals surface area contributed by atoms with Crippen LogP contribution in [-0.4, -0.2) is 46.9 Å². The van der Waals surface area contributed by atoms with E-state index in [-0.39, 0.29) is 22.2 Å². The Labute approximate surface area is 267 Å². The first-order valence-electron chi connectivity index (χ1n) is 13.7. The molecule has 2 aliphatic heterocycles. The number of phenolic OH excluding ortho intramolecular Hbond substituents is 1. The molecule has 0 bridgehead atoms. The molecule has 2 aliphatic rings. The first-order valence-corrected chi connectivity index (χ1v) is 15.4. The normalized spacial score (nSPS) is 19.1. The molecule has 1 saturated heterocycles. The van der Waals surface area contributed by atoms with Crippen LogP contribution in [0.1, 0.15) is 21.9 Å². The number of imide groups is 1. The van der Waals surface area contributed by atoms with E-state index in [0.29, 0.717) is 21.9 Å². The fourth-order valence-electron chi connectivity index (χ4n) is 5.60. The van der Waals surface area contributed by atoms with Crippen LogP contribution in [0.25, 0.3) is 0 Å². The zero-order valence-electron chi connectivity index (χ0n) is 24.0. The molecule has 4 aromatic rings. The molecule has 3 atom stereocenters. The fraction of sp³-hybridized carbons (Fsp3) is 0.226. The van der Waals surface area contributed by atoms with Crippen molar-refractivity contribution in [2.75, 3.05) is 24.4 Å². The van der Waals surface area contributed by atoms with E-state index >= 15 is 0 Å². The number of fused-ring (bicyclic) bond motifs is 2. The number of nitrogens with zero attached hydrogens (tertiary/aromatic N) is 2. The van der Waals surface area contributed by atoms with Crippen LogP contribution in [0.15, 0.2) is 76.6 Å². The van der Waals surface area contributed by atoms with Gasteiger partial charge in [-0.2, -0.15) is 13.2 Å². The lowest BCUT2D eigenvalue weighted by Crippen LogP contribution is -2.33. The van der Waals surface area contributed by atoms with Gasteiger partial charge in [0, 0.05) is 16.5 Å². The molecule has 0 saturated carbocycles. The van der Waals surface area contributed by atoms with Crippen LogP contribution in [-0.2, 0) is 27.1 Å². The summed E-state index contributed by atoms with van der Waals surface area (Å²) in [6, 6.07) is 14.9. The molecule has 1 aromatic heterocycles. The fourth-order valence-corrected chi connectivity index (χ4v) is 8.37. The van der Waals surface area contributed by atoms with E-state index in [1.807, 2.05) is 0 Å². The zero-order chi connectivity index (χ0) is 32.9. The molecule has 238 valence electrons. The Kier molecular flexibility index (Phi) is 8.06. The van der Waals surface area contributed by atoms with Crippen LogP contribution in [0.5, 0.6) is 17.2 Å². The second kappa shape index (κ2) is 11.9. The molecule has 15 heteroatoms. The summed E-state index contributed by atoms with van der Waals surface area (Å²) < 4.78 is 52.2. The van der Waals surface area contributed by atoms with E-state index in [1.165, 1.54) is 43.1 Å². The summed E-state index contributed by atoms with van der Waals surface area (Å²) in [6.07, 6.45) is -4.71. The minimum Gasteiger partial charge on any atom is -0.504 e. The number of rotatable bonds is 7. The molecular formula is C31H24F3N3O7S2. The number of thiazole rings is 1. The third kappa shape index (κ3) is 5.49. The van der Waals surface area contributed by atoms with E-state index in [1.54, 1.807) is 24.3 Å². The van der Waals surface area contributed by atoms with Crippen LogP contribution >= 0.6 is 23.1 Å². The number of nitrogens with one attached hydrogen (secondary N) is 1. The van der Waals surface area contributed by atoms with Crippen molar-refractivity contribution in [3.05, 3.63) is 92.4 Å². The molecule has 3 heterocycles. The number of alkyl halides is 3. The van der Waals surface area contributed by atoms with Gasteiger partial charge in [0.05, 0.1) is 36.4 Å². The number of benzene rings is 3. The maximum atomic E-state index is 14.0. The summed E-state index contributed by atoms with van der Waals surface area (Å²) >= 11 is 1.72. The molecule has 46 heavy (non-hydrogen) atoms. The number of ether oxygens (including phenoxy) is 2. The van der Waals surface area contributed by atoms with E-state index in [2.05, 4.69) is 5.32 Å². The molecular weight excluding hydrogens is 647 g/mol. The molecule has 0 aliphatic carbocycles. The van der Waals surface area contributed by atoms with Crippen LogP contribution < -0.4 is 24.6 Å². The molecule has 0 radical (unpaired) electrons. The van der Waals surface area contributed by atoms with Gasteiger partial charge in [-0.25, -0.2) is 4.90 Å². The highest BCUT2D eigenvalue weighted by Crippen LogP contribution is 2.54. The highest BCUT2D eigenvalue weighted by Gasteiger charge is 2.57. The Balaban J connectivity index is 1.42. The van der Waals surface area contributed by atoms with Gasteiger partial charge >= 0.3 is 11.0 Å². The smallest absolute Gasteiger partial charge is 0.416 e. The van der Waals surface area contributed by atoms with Crippen molar-refractivity contribution < 1.29 is 42.1 Å². The second-order valence-corrected chi connectivity index (χ2v) is 12.6. The number of aromatic hydroxyl groups is 1. The zero-order valence-corrected chi connectivity index (χ0v) is 25.7. The van der Waals surface area contributed by atoms with E-state index < -0.39 is 58.0 Å². The average Bonchev–Trinajstić information content (AvgIpc) is 3.47. The van der Waals surface area contributed by atoms with E-state index in [4.69, 9.17) is 9.47 Å². The third-order valence-corrected chi connectivity index (χ3v) is 10.3. The quantitative estimate of drug-likeness (QED) is 0.261. The summed E-state index contributed by atoms with van der Waals surface area (Å²) in [5.74, 6) is -3.60. The summed E-state index contributed by atoms with van der Waals surface area (Å²) in [4.78, 5) is 55.0. The molecule has 3 amide bonds. The average molecular weight is 672 g/mol. The van der Waals surface area contributed by atoms with Gasteiger partial charge in [-0.15, -0.1) is 0 Å². The van der Waals surface area contributed by atoms with E-state index in [9.17, 15) is 37.5 Å². The van der Waals surface area contributed by atoms with Gasteiger partial charge in [0.15, 0.2) is 11.5 Å². The number of carbonyl (C=O) groups is 3. The summed E-state index contributed by atoms with van der Waals surface area (Å²) in [5, 5.41) is 12.1. The highest BCUT2D eigenvalue weighted by atomic mass is 32.2. The number of hydrogen-bond acceptors (Lipinski definition) is 9. The number of carbonyl (C=O) groups excluding carboxylic acids is 3.